The van der Waals surface area contributed by atoms with E-state index in [0.29, 0.717) is 17.2 Å². The molecule has 2 rings (SSSR count). The summed E-state index contributed by atoms with van der Waals surface area (Å²) in [6.07, 6.45) is 1.31. The van der Waals surface area contributed by atoms with Crippen molar-refractivity contribution in [2.75, 3.05) is 26.1 Å². The third-order valence-corrected chi connectivity index (χ3v) is 4.88. The highest BCUT2D eigenvalue weighted by molar-refractivity contribution is 7.92. The van der Waals surface area contributed by atoms with Gasteiger partial charge in [-0.3, -0.25) is 4.72 Å². The molecule has 23 heavy (non-hydrogen) atoms. The largest absolute Gasteiger partial charge is 0.493 e. The molecule has 0 aliphatic heterocycles. The van der Waals surface area contributed by atoms with Crippen LogP contribution < -0.4 is 18.9 Å². The van der Waals surface area contributed by atoms with Crippen LogP contribution >= 0.6 is 11.6 Å². The molecule has 1 aromatic heterocycles. The Morgan fingerprint density at radius 1 is 1.13 bits per heavy atom. The van der Waals surface area contributed by atoms with Gasteiger partial charge in [0.15, 0.2) is 11.5 Å². The number of aromatic nitrogens is 2. The number of rotatable bonds is 6. The van der Waals surface area contributed by atoms with Crippen molar-refractivity contribution in [3.05, 3.63) is 23.6 Å². The van der Waals surface area contributed by atoms with Crippen LogP contribution in [0.15, 0.2) is 23.5 Å². The molecule has 0 saturated carbocycles. The quantitative estimate of drug-likeness (QED) is 0.844. The van der Waals surface area contributed by atoms with Gasteiger partial charge in [0.25, 0.3) is 10.0 Å². The second-order valence-corrected chi connectivity index (χ2v) is 6.43. The first kappa shape index (κ1) is 17.2. The lowest BCUT2D eigenvalue weighted by atomic mass is 10.2. The highest BCUT2D eigenvalue weighted by atomic mass is 35.5. The van der Waals surface area contributed by atoms with Gasteiger partial charge in [-0.05, 0) is 0 Å². The molecule has 1 N–H and O–H groups in total. The van der Waals surface area contributed by atoms with Gasteiger partial charge in [-0.1, -0.05) is 11.6 Å². The Balaban J connectivity index is 2.45. The monoisotopic (exact) mass is 361 g/mol. The topological polar surface area (TPSA) is 91.7 Å². The van der Waals surface area contributed by atoms with E-state index < -0.39 is 10.0 Å². The maximum atomic E-state index is 12.4. The number of imidazole rings is 1. The maximum Gasteiger partial charge on any atom is 0.282 e. The summed E-state index contributed by atoms with van der Waals surface area (Å²) in [5.41, 5.74) is 0.223. The summed E-state index contributed by atoms with van der Waals surface area (Å²) in [6, 6.07) is 2.94. The molecule has 1 heterocycles. The van der Waals surface area contributed by atoms with Crippen molar-refractivity contribution in [1.29, 1.82) is 0 Å². The Hall–Kier alpha value is -2.13. The fourth-order valence-corrected chi connectivity index (χ4v) is 3.39. The van der Waals surface area contributed by atoms with Gasteiger partial charge in [0.2, 0.25) is 10.8 Å². The summed E-state index contributed by atoms with van der Waals surface area (Å²) in [7, 11) is 1.96. The molecule has 2 aromatic rings. The first-order valence-corrected chi connectivity index (χ1v) is 8.19. The van der Waals surface area contributed by atoms with Crippen LogP contribution in [0, 0.1) is 0 Å². The molecule has 0 spiro atoms. The highest BCUT2D eigenvalue weighted by Gasteiger charge is 2.24. The normalized spacial score (nSPS) is 11.2. The van der Waals surface area contributed by atoms with E-state index in [1.807, 2.05) is 0 Å². The molecular formula is C13H16ClN3O5S. The molecule has 1 aromatic carbocycles. The standard InChI is InChI=1S/C13H16ClN3O5S/c1-17-7-15-13(12(17)14)23(18,19)16-8-5-9(20-2)11(22-4)10(6-8)21-3/h5-7,16H,1-4H3. The number of ether oxygens (including phenoxy) is 3. The Bertz CT molecular complexity index is 794. The van der Waals surface area contributed by atoms with Gasteiger partial charge in [0, 0.05) is 19.2 Å². The lowest BCUT2D eigenvalue weighted by molar-refractivity contribution is 0.324. The van der Waals surface area contributed by atoms with Gasteiger partial charge in [-0.25, -0.2) is 4.98 Å². The zero-order chi connectivity index (χ0) is 17.2. The van der Waals surface area contributed by atoms with Gasteiger partial charge in [0.05, 0.1) is 33.3 Å². The number of methoxy groups -OCH3 is 3. The van der Waals surface area contributed by atoms with Gasteiger partial charge >= 0.3 is 0 Å². The predicted molar refractivity (Wildman–Crippen MR) is 85.1 cm³/mol. The van der Waals surface area contributed by atoms with E-state index in [1.54, 1.807) is 7.05 Å². The lowest BCUT2D eigenvalue weighted by Crippen LogP contribution is -2.14. The molecule has 0 saturated heterocycles. The number of aryl methyl sites for hydroxylation is 1. The van der Waals surface area contributed by atoms with Gasteiger partial charge in [-0.2, -0.15) is 8.42 Å². The van der Waals surface area contributed by atoms with Crippen molar-refractivity contribution in [2.45, 2.75) is 5.03 Å². The number of benzene rings is 1. The molecule has 0 amide bonds. The van der Waals surface area contributed by atoms with E-state index in [4.69, 9.17) is 25.8 Å². The van der Waals surface area contributed by atoms with Gasteiger partial charge in [-0.15, -0.1) is 0 Å². The third-order valence-electron chi connectivity index (χ3n) is 3.01. The number of halogens is 1. The maximum absolute atomic E-state index is 12.4. The van der Waals surface area contributed by atoms with Crippen LogP contribution in [0.3, 0.4) is 0 Å². The van der Waals surface area contributed by atoms with E-state index in [2.05, 4.69) is 9.71 Å². The fraction of sp³-hybridized carbons (Fsp3) is 0.308. The summed E-state index contributed by atoms with van der Waals surface area (Å²) >= 11 is 5.94. The van der Waals surface area contributed by atoms with Crippen molar-refractivity contribution in [2.24, 2.45) is 7.05 Å². The minimum atomic E-state index is -3.96. The molecule has 0 unspecified atom stereocenters. The Morgan fingerprint density at radius 3 is 2.09 bits per heavy atom. The fourth-order valence-electron chi connectivity index (χ4n) is 1.92. The van der Waals surface area contributed by atoms with Crippen LogP contribution in [0.1, 0.15) is 0 Å². The molecule has 0 atom stereocenters. The first-order chi connectivity index (χ1) is 10.8. The van der Waals surface area contributed by atoms with Crippen LogP contribution in [-0.2, 0) is 17.1 Å². The molecule has 10 heteroatoms. The number of nitrogens with zero attached hydrogens (tertiary/aromatic N) is 2. The highest BCUT2D eigenvalue weighted by Crippen LogP contribution is 2.40. The van der Waals surface area contributed by atoms with Crippen molar-refractivity contribution in [3.8, 4) is 17.2 Å². The molecule has 0 radical (unpaired) electrons. The van der Waals surface area contributed by atoms with Crippen molar-refractivity contribution >= 4 is 27.3 Å². The van der Waals surface area contributed by atoms with Crippen LogP contribution in [0.25, 0.3) is 0 Å². The predicted octanol–water partition coefficient (Wildman–Crippen LogP) is 1.90. The van der Waals surface area contributed by atoms with E-state index in [1.165, 1.54) is 44.4 Å². The number of hydrogen-bond donors (Lipinski definition) is 1. The second kappa shape index (κ2) is 6.55. The molecule has 0 aliphatic rings. The van der Waals surface area contributed by atoms with E-state index >= 15 is 0 Å². The summed E-state index contributed by atoms with van der Waals surface area (Å²) in [6.45, 7) is 0. The zero-order valence-corrected chi connectivity index (χ0v) is 14.5. The molecule has 126 valence electrons. The lowest BCUT2D eigenvalue weighted by Gasteiger charge is -2.14. The Kier molecular flexibility index (Phi) is 4.90. The van der Waals surface area contributed by atoms with Crippen molar-refractivity contribution in [3.63, 3.8) is 0 Å². The molecule has 0 aliphatic carbocycles. The second-order valence-electron chi connectivity index (χ2n) is 4.47. The van der Waals surface area contributed by atoms with Gasteiger partial charge < -0.3 is 18.8 Å². The van der Waals surface area contributed by atoms with E-state index in [0.717, 1.165) is 0 Å². The van der Waals surface area contributed by atoms with E-state index in [9.17, 15) is 8.42 Å². The van der Waals surface area contributed by atoms with Crippen LogP contribution in [0.4, 0.5) is 5.69 Å². The molecule has 0 fully saturated rings. The van der Waals surface area contributed by atoms with E-state index in [-0.39, 0.29) is 15.9 Å². The van der Waals surface area contributed by atoms with Crippen LogP contribution in [0.5, 0.6) is 17.2 Å². The zero-order valence-electron chi connectivity index (χ0n) is 13.0. The summed E-state index contributed by atoms with van der Waals surface area (Å²) < 4.78 is 44.1. The molecule has 0 bridgehead atoms. The number of sulfonamides is 1. The van der Waals surface area contributed by atoms with Crippen molar-refractivity contribution in [1.82, 2.24) is 9.55 Å². The minimum absolute atomic E-state index is 0.00458. The Labute approximate surface area is 139 Å². The number of nitrogens with one attached hydrogen (secondary N) is 1. The average Bonchev–Trinajstić information content (AvgIpc) is 2.86. The Morgan fingerprint density at radius 2 is 1.70 bits per heavy atom. The first-order valence-electron chi connectivity index (χ1n) is 6.33. The van der Waals surface area contributed by atoms with Crippen LogP contribution in [-0.4, -0.2) is 39.3 Å². The third kappa shape index (κ3) is 3.30. The smallest absolute Gasteiger partial charge is 0.282 e. The summed E-state index contributed by atoms with van der Waals surface area (Å²) in [5.74, 6) is 0.988. The molecule has 8 nitrogen and oxygen atoms in total. The minimum Gasteiger partial charge on any atom is -0.493 e. The summed E-state index contributed by atoms with van der Waals surface area (Å²) in [4.78, 5) is 3.80. The number of anilines is 1. The SMILES string of the molecule is COc1cc(NS(=O)(=O)c2ncn(C)c2Cl)cc(OC)c1OC. The number of hydrogen-bond acceptors (Lipinski definition) is 6. The summed E-state index contributed by atoms with van der Waals surface area (Å²) in [5, 5.41) is -0.264. The van der Waals surface area contributed by atoms with Gasteiger partial charge in [0.1, 0.15) is 5.15 Å². The van der Waals surface area contributed by atoms with Crippen LogP contribution in [0.2, 0.25) is 5.15 Å². The average molecular weight is 362 g/mol. The molecular weight excluding hydrogens is 346 g/mol. The van der Waals surface area contributed by atoms with Crippen molar-refractivity contribution < 1.29 is 22.6 Å².